The number of carboxylic acid groups (broad SMARTS) is 1. The number of aliphatic carboxylic acids is 1. The minimum Gasteiger partial charge on any atom is -0.480 e. The summed E-state index contributed by atoms with van der Waals surface area (Å²) in [7, 11) is 0. The molecular formula is C16H20F3NO3. The number of hydrogen-bond donors (Lipinski definition) is 1. The SMILES string of the molecule is CCC(C)N(CC(=O)O)C(=O)c1ccc(CCC(F)(F)F)cc1. The maximum Gasteiger partial charge on any atom is 0.389 e. The molecule has 0 aliphatic carbocycles. The van der Waals surface area contributed by atoms with E-state index in [9.17, 15) is 22.8 Å². The van der Waals surface area contributed by atoms with Gasteiger partial charge in [-0.25, -0.2) is 0 Å². The fourth-order valence-corrected chi connectivity index (χ4v) is 2.06. The molecule has 0 aromatic heterocycles. The second-order valence-corrected chi connectivity index (χ2v) is 5.40. The lowest BCUT2D eigenvalue weighted by atomic mass is 10.1. The summed E-state index contributed by atoms with van der Waals surface area (Å²) in [5, 5.41) is 8.91. The van der Waals surface area contributed by atoms with Crippen molar-refractivity contribution in [1.82, 2.24) is 4.90 Å². The molecule has 0 aliphatic heterocycles. The summed E-state index contributed by atoms with van der Waals surface area (Å²) in [6.45, 7) is 3.18. The lowest BCUT2D eigenvalue weighted by Gasteiger charge is -2.27. The summed E-state index contributed by atoms with van der Waals surface area (Å²) < 4.78 is 36.6. The molecule has 1 rings (SSSR count). The first-order chi connectivity index (χ1) is 10.6. The molecule has 128 valence electrons. The molecule has 1 unspecified atom stereocenters. The molecule has 0 spiro atoms. The Morgan fingerprint density at radius 2 is 1.78 bits per heavy atom. The number of hydrogen-bond acceptors (Lipinski definition) is 2. The van der Waals surface area contributed by atoms with Gasteiger partial charge in [-0.1, -0.05) is 19.1 Å². The van der Waals surface area contributed by atoms with Crippen LogP contribution in [0.15, 0.2) is 24.3 Å². The zero-order chi connectivity index (χ0) is 17.6. The van der Waals surface area contributed by atoms with Gasteiger partial charge in [-0.2, -0.15) is 13.2 Å². The molecule has 1 atom stereocenters. The van der Waals surface area contributed by atoms with Crippen molar-refractivity contribution >= 4 is 11.9 Å². The van der Waals surface area contributed by atoms with E-state index in [1.54, 1.807) is 6.92 Å². The summed E-state index contributed by atoms with van der Waals surface area (Å²) in [5.74, 6) is -1.55. The van der Waals surface area contributed by atoms with Crippen LogP contribution in [0, 0.1) is 0 Å². The molecule has 0 saturated heterocycles. The third kappa shape index (κ3) is 6.30. The Bertz CT molecular complexity index is 540. The fraction of sp³-hybridized carbons (Fsp3) is 0.500. The normalized spacial score (nSPS) is 12.7. The van der Waals surface area contributed by atoms with Gasteiger partial charge in [0.2, 0.25) is 0 Å². The van der Waals surface area contributed by atoms with Crippen molar-refractivity contribution in [2.75, 3.05) is 6.54 Å². The van der Waals surface area contributed by atoms with E-state index < -0.39 is 31.0 Å². The number of carboxylic acids is 1. The zero-order valence-corrected chi connectivity index (χ0v) is 13.1. The van der Waals surface area contributed by atoms with Crippen molar-refractivity contribution < 1.29 is 27.9 Å². The molecule has 23 heavy (non-hydrogen) atoms. The van der Waals surface area contributed by atoms with Gasteiger partial charge in [0.25, 0.3) is 5.91 Å². The van der Waals surface area contributed by atoms with Crippen LogP contribution in [0.3, 0.4) is 0 Å². The van der Waals surface area contributed by atoms with Gasteiger partial charge in [0.05, 0.1) is 0 Å². The fourth-order valence-electron chi connectivity index (χ4n) is 2.06. The van der Waals surface area contributed by atoms with Gasteiger partial charge in [0.15, 0.2) is 0 Å². The number of alkyl halides is 3. The molecule has 1 N–H and O–H groups in total. The van der Waals surface area contributed by atoms with E-state index in [1.807, 2.05) is 6.92 Å². The molecule has 0 aliphatic rings. The van der Waals surface area contributed by atoms with E-state index >= 15 is 0 Å². The standard InChI is InChI=1S/C16H20F3NO3/c1-3-11(2)20(10-14(21)22)15(23)13-6-4-12(5-7-13)8-9-16(17,18)19/h4-7,11H,3,8-10H2,1-2H3,(H,21,22). The van der Waals surface area contributed by atoms with Crippen molar-refractivity contribution in [3.05, 3.63) is 35.4 Å². The highest BCUT2D eigenvalue weighted by Gasteiger charge is 2.26. The highest BCUT2D eigenvalue weighted by Crippen LogP contribution is 2.22. The van der Waals surface area contributed by atoms with Gasteiger partial charge in [-0.15, -0.1) is 0 Å². The number of nitrogens with zero attached hydrogens (tertiary/aromatic N) is 1. The van der Waals surface area contributed by atoms with Crippen LogP contribution >= 0.6 is 0 Å². The molecule has 0 radical (unpaired) electrons. The summed E-state index contributed by atoms with van der Waals surface area (Å²) in [5.41, 5.74) is 0.745. The van der Waals surface area contributed by atoms with Crippen LogP contribution in [0.2, 0.25) is 0 Å². The molecule has 0 bridgehead atoms. The van der Waals surface area contributed by atoms with Crippen LogP contribution in [-0.2, 0) is 11.2 Å². The highest BCUT2D eigenvalue weighted by atomic mass is 19.4. The van der Waals surface area contributed by atoms with Gasteiger partial charge in [-0.3, -0.25) is 9.59 Å². The second-order valence-electron chi connectivity index (χ2n) is 5.40. The van der Waals surface area contributed by atoms with E-state index in [-0.39, 0.29) is 18.0 Å². The molecule has 0 saturated carbocycles. The van der Waals surface area contributed by atoms with Crippen LogP contribution in [-0.4, -0.2) is 40.6 Å². The summed E-state index contributed by atoms with van der Waals surface area (Å²) in [6.07, 6.45) is -4.69. The van der Waals surface area contributed by atoms with Crippen molar-refractivity contribution in [2.24, 2.45) is 0 Å². The van der Waals surface area contributed by atoms with E-state index in [1.165, 1.54) is 29.2 Å². The smallest absolute Gasteiger partial charge is 0.389 e. The average molecular weight is 331 g/mol. The third-order valence-electron chi connectivity index (χ3n) is 3.59. The Morgan fingerprint density at radius 3 is 2.22 bits per heavy atom. The van der Waals surface area contributed by atoms with Crippen LogP contribution in [0.5, 0.6) is 0 Å². The Morgan fingerprint density at radius 1 is 1.22 bits per heavy atom. The zero-order valence-electron chi connectivity index (χ0n) is 13.1. The monoisotopic (exact) mass is 331 g/mol. The van der Waals surface area contributed by atoms with Crippen LogP contribution < -0.4 is 0 Å². The number of amides is 1. The minimum absolute atomic E-state index is 0.151. The lowest BCUT2D eigenvalue weighted by Crippen LogP contribution is -2.41. The predicted molar refractivity (Wildman–Crippen MR) is 79.2 cm³/mol. The van der Waals surface area contributed by atoms with Crippen molar-refractivity contribution in [3.8, 4) is 0 Å². The molecule has 0 heterocycles. The predicted octanol–water partition coefficient (Wildman–Crippen LogP) is 3.51. The molecule has 1 amide bonds. The van der Waals surface area contributed by atoms with Gasteiger partial charge >= 0.3 is 12.1 Å². The lowest BCUT2D eigenvalue weighted by molar-refractivity contribution is -0.138. The number of rotatable bonds is 7. The molecule has 7 heteroatoms. The summed E-state index contributed by atoms with van der Waals surface area (Å²) in [4.78, 5) is 24.5. The van der Waals surface area contributed by atoms with E-state index in [0.29, 0.717) is 12.0 Å². The third-order valence-corrected chi connectivity index (χ3v) is 3.59. The highest BCUT2D eigenvalue weighted by molar-refractivity contribution is 5.96. The minimum atomic E-state index is -4.22. The number of aryl methyl sites for hydroxylation is 1. The maximum atomic E-state index is 12.4. The van der Waals surface area contributed by atoms with Crippen molar-refractivity contribution in [2.45, 2.75) is 45.3 Å². The first-order valence-corrected chi connectivity index (χ1v) is 7.32. The summed E-state index contributed by atoms with van der Waals surface area (Å²) in [6, 6.07) is 5.56. The number of carbonyl (C=O) groups excluding carboxylic acids is 1. The molecule has 0 fully saturated rings. The average Bonchev–Trinajstić information content (AvgIpc) is 2.49. The second kappa shape index (κ2) is 7.99. The van der Waals surface area contributed by atoms with E-state index in [2.05, 4.69) is 0 Å². The van der Waals surface area contributed by atoms with Gasteiger partial charge in [0.1, 0.15) is 6.54 Å². The Hall–Kier alpha value is -2.05. The molecule has 4 nitrogen and oxygen atoms in total. The molecule has 1 aromatic carbocycles. The first kappa shape index (κ1) is 19.0. The molecule has 1 aromatic rings. The Kier molecular flexibility index (Phi) is 6.60. The van der Waals surface area contributed by atoms with Crippen molar-refractivity contribution in [1.29, 1.82) is 0 Å². The number of carbonyl (C=O) groups is 2. The number of benzene rings is 1. The maximum absolute atomic E-state index is 12.4. The van der Waals surface area contributed by atoms with Gasteiger partial charge in [-0.05, 0) is 37.5 Å². The quantitative estimate of drug-likeness (QED) is 0.832. The first-order valence-electron chi connectivity index (χ1n) is 7.32. The Labute approximate surface area is 132 Å². The molecular weight excluding hydrogens is 311 g/mol. The van der Waals surface area contributed by atoms with Crippen LogP contribution in [0.25, 0.3) is 0 Å². The number of halogens is 3. The van der Waals surface area contributed by atoms with E-state index in [4.69, 9.17) is 5.11 Å². The van der Waals surface area contributed by atoms with Gasteiger partial charge in [0, 0.05) is 18.0 Å². The largest absolute Gasteiger partial charge is 0.480 e. The summed E-state index contributed by atoms with van der Waals surface area (Å²) >= 11 is 0. The Balaban J connectivity index is 2.83. The van der Waals surface area contributed by atoms with E-state index in [0.717, 1.165) is 0 Å². The van der Waals surface area contributed by atoms with Crippen LogP contribution in [0.4, 0.5) is 13.2 Å². The van der Waals surface area contributed by atoms with Crippen LogP contribution in [0.1, 0.15) is 42.6 Å². The van der Waals surface area contributed by atoms with Crippen molar-refractivity contribution in [3.63, 3.8) is 0 Å². The van der Waals surface area contributed by atoms with Gasteiger partial charge < -0.3 is 10.0 Å². The topological polar surface area (TPSA) is 57.6 Å².